The van der Waals surface area contributed by atoms with Crippen LogP contribution in [0.3, 0.4) is 0 Å². The molecule has 0 aliphatic heterocycles. The van der Waals surface area contributed by atoms with E-state index in [4.69, 9.17) is 9.46 Å². The number of unbranched alkanes of at least 4 members (excludes halogenated alkanes) is 4. The molecule has 0 amide bonds. The SMILES string of the molecule is COC(=O)C#CCCCC#CCCCCc1c(C)c(C(C)(C)C)c(C)c(C)c1OO[SiH](c1ccccc1)c1ccccc1. The Balaban J connectivity index is 1.75. The van der Waals surface area contributed by atoms with Crippen molar-refractivity contribution in [3.05, 3.63) is 88.5 Å². The predicted octanol–water partition coefficient (Wildman–Crippen LogP) is 6.82. The summed E-state index contributed by atoms with van der Waals surface area (Å²) < 4.78 is 11.0. The van der Waals surface area contributed by atoms with E-state index in [2.05, 4.69) is 118 Å². The molecule has 0 saturated carbocycles. The summed E-state index contributed by atoms with van der Waals surface area (Å²) in [6.07, 6.45) is 6.07. The first kappa shape index (κ1) is 33.7. The molecule has 3 aromatic carbocycles. The minimum absolute atomic E-state index is 0.0190. The van der Waals surface area contributed by atoms with E-state index in [1.165, 1.54) is 39.7 Å². The Morgan fingerprint density at radius 2 is 1.30 bits per heavy atom. The highest BCUT2D eigenvalue weighted by Gasteiger charge is 2.27. The van der Waals surface area contributed by atoms with Gasteiger partial charge < -0.3 is 9.62 Å². The molecule has 0 unspecified atom stereocenters. The second-order valence-electron chi connectivity index (χ2n) is 11.9. The lowest BCUT2D eigenvalue weighted by molar-refractivity contribution is -0.133. The molecule has 4 nitrogen and oxygen atoms in total. The van der Waals surface area contributed by atoms with E-state index in [-0.39, 0.29) is 5.41 Å². The van der Waals surface area contributed by atoms with Crippen molar-refractivity contribution < 1.29 is 19.0 Å². The van der Waals surface area contributed by atoms with Crippen LogP contribution in [0, 0.1) is 44.5 Å². The van der Waals surface area contributed by atoms with Crippen LogP contribution >= 0.6 is 0 Å². The van der Waals surface area contributed by atoms with Gasteiger partial charge in [-0.2, -0.15) is 0 Å². The third-order valence-corrected chi connectivity index (χ3v) is 9.91. The molecule has 0 fully saturated rings. The van der Waals surface area contributed by atoms with Gasteiger partial charge in [-0.05, 0) is 84.5 Å². The standard InChI is InChI=1S/C38H46O4Si/c1-29-30(2)37(41-42-43(32-23-17-15-18-24-32)33-25-19-16-20-26-33)34(31(3)36(29)38(4,5)6)27-21-13-11-9-8-10-12-14-22-28-35(39)40-7/h15-20,23-26,43H,10-14,21,27H2,1-7H3. The van der Waals surface area contributed by atoms with E-state index < -0.39 is 15.0 Å². The third kappa shape index (κ3) is 9.89. The quantitative estimate of drug-likeness (QED) is 0.0465. The van der Waals surface area contributed by atoms with Gasteiger partial charge in [0, 0.05) is 30.7 Å². The zero-order valence-electron chi connectivity index (χ0n) is 26.9. The minimum atomic E-state index is -2.07. The molecule has 0 aliphatic carbocycles. The summed E-state index contributed by atoms with van der Waals surface area (Å²) >= 11 is 0. The highest BCUT2D eigenvalue weighted by Crippen LogP contribution is 2.40. The summed E-state index contributed by atoms with van der Waals surface area (Å²) in [5.41, 5.74) is 6.36. The Morgan fingerprint density at radius 3 is 1.86 bits per heavy atom. The fourth-order valence-corrected chi connectivity index (χ4v) is 7.47. The highest BCUT2D eigenvalue weighted by atomic mass is 28.3. The fourth-order valence-electron chi connectivity index (χ4n) is 5.52. The van der Waals surface area contributed by atoms with Gasteiger partial charge >= 0.3 is 15.0 Å². The summed E-state index contributed by atoms with van der Waals surface area (Å²) in [6, 6.07) is 20.9. The Hall–Kier alpha value is -3.77. The van der Waals surface area contributed by atoms with Gasteiger partial charge in [0.25, 0.3) is 0 Å². The van der Waals surface area contributed by atoms with E-state index in [1.54, 1.807) is 0 Å². The number of carbonyl (C=O) groups excluding carboxylic acids is 1. The fraction of sp³-hybridized carbons (Fsp3) is 0.395. The van der Waals surface area contributed by atoms with Gasteiger partial charge in [-0.3, -0.25) is 0 Å². The number of carbonyl (C=O) groups is 1. The van der Waals surface area contributed by atoms with Crippen molar-refractivity contribution in [3.63, 3.8) is 0 Å². The van der Waals surface area contributed by atoms with Crippen LogP contribution in [-0.4, -0.2) is 22.1 Å². The monoisotopic (exact) mass is 594 g/mol. The van der Waals surface area contributed by atoms with E-state index in [9.17, 15) is 4.79 Å². The van der Waals surface area contributed by atoms with E-state index in [0.717, 1.165) is 49.8 Å². The molecule has 0 saturated heterocycles. The molecule has 0 heterocycles. The van der Waals surface area contributed by atoms with Crippen molar-refractivity contribution in [2.24, 2.45) is 0 Å². The highest BCUT2D eigenvalue weighted by molar-refractivity contribution is 6.79. The van der Waals surface area contributed by atoms with Gasteiger partial charge in [-0.15, -0.1) is 11.8 Å². The first-order valence-corrected chi connectivity index (χ1v) is 16.9. The predicted molar refractivity (Wildman–Crippen MR) is 179 cm³/mol. The second-order valence-corrected chi connectivity index (χ2v) is 14.2. The molecular weight excluding hydrogens is 549 g/mol. The van der Waals surface area contributed by atoms with Crippen LogP contribution in [0.2, 0.25) is 0 Å². The first-order chi connectivity index (χ1) is 20.6. The maximum absolute atomic E-state index is 11.0. The summed E-state index contributed by atoms with van der Waals surface area (Å²) in [4.78, 5) is 17.5. The number of hydrogen-bond donors (Lipinski definition) is 0. The lowest BCUT2D eigenvalue weighted by atomic mass is 9.77. The molecule has 43 heavy (non-hydrogen) atoms. The number of methoxy groups -OCH3 is 1. The number of benzene rings is 3. The van der Waals surface area contributed by atoms with Gasteiger partial charge in [0.05, 0.1) is 7.11 Å². The number of ether oxygens (including phenoxy) is 1. The molecule has 0 spiro atoms. The van der Waals surface area contributed by atoms with Crippen molar-refractivity contribution in [2.75, 3.05) is 7.11 Å². The van der Waals surface area contributed by atoms with Crippen LogP contribution < -0.4 is 15.3 Å². The van der Waals surface area contributed by atoms with E-state index in [0.29, 0.717) is 6.42 Å². The molecule has 226 valence electrons. The molecule has 0 bridgehead atoms. The van der Waals surface area contributed by atoms with Crippen LogP contribution in [0.5, 0.6) is 5.75 Å². The maximum Gasteiger partial charge on any atom is 0.384 e. The van der Waals surface area contributed by atoms with Crippen LogP contribution in [0.25, 0.3) is 0 Å². The summed E-state index contributed by atoms with van der Waals surface area (Å²) in [5, 5.41) is 2.36. The normalized spacial score (nSPS) is 10.9. The van der Waals surface area contributed by atoms with Gasteiger partial charge in [0.15, 0.2) is 5.75 Å². The topological polar surface area (TPSA) is 44.8 Å². The lowest BCUT2D eigenvalue weighted by Gasteiger charge is -2.29. The van der Waals surface area contributed by atoms with Crippen LogP contribution in [0.4, 0.5) is 0 Å². The molecule has 0 aliphatic rings. The van der Waals surface area contributed by atoms with Crippen molar-refractivity contribution in [1.29, 1.82) is 0 Å². The summed E-state index contributed by atoms with van der Waals surface area (Å²) in [7, 11) is -0.738. The smallest absolute Gasteiger partial charge is 0.384 e. The van der Waals surface area contributed by atoms with Crippen molar-refractivity contribution in [1.82, 2.24) is 0 Å². The van der Waals surface area contributed by atoms with E-state index >= 15 is 0 Å². The van der Waals surface area contributed by atoms with Gasteiger partial charge in [0.1, 0.15) is 0 Å². The molecule has 0 aromatic heterocycles. The molecule has 0 atom stereocenters. The first-order valence-electron chi connectivity index (χ1n) is 15.2. The largest absolute Gasteiger partial charge is 0.459 e. The maximum atomic E-state index is 11.0. The number of hydrogen-bond acceptors (Lipinski definition) is 4. The van der Waals surface area contributed by atoms with Crippen LogP contribution in [0.15, 0.2) is 60.7 Å². The Morgan fingerprint density at radius 1 is 0.744 bits per heavy atom. The number of esters is 1. The van der Waals surface area contributed by atoms with Crippen LogP contribution in [0.1, 0.15) is 87.1 Å². The molecule has 0 radical (unpaired) electrons. The van der Waals surface area contributed by atoms with Gasteiger partial charge in [-0.25, -0.2) is 9.37 Å². The Bertz CT molecular complexity index is 1430. The molecule has 0 N–H and O–H groups in total. The molecule has 3 aromatic rings. The zero-order valence-corrected chi connectivity index (χ0v) is 28.1. The average molecular weight is 595 g/mol. The minimum Gasteiger partial charge on any atom is -0.459 e. The lowest BCUT2D eigenvalue weighted by Crippen LogP contribution is -2.45. The van der Waals surface area contributed by atoms with Crippen molar-refractivity contribution >= 4 is 25.4 Å². The number of rotatable bonds is 11. The molecular formula is C38H46O4Si. The zero-order chi connectivity index (χ0) is 31.2. The van der Waals surface area contributed by atoms with Crippen LogP contribution in [-0.2, 0) is 25.9 Å². The average Bonchev–Trinajstić information content (AvgIpc) is 2.99. The van der Waals surface area contributed by atoms with Crippen molar-refractivity contribution in [2.45, 2.75) is 91.9 Å². The summed E-state index contributed by atoms with van der Waals surface area (Å²) in [5.74, 6) is 12.2. The Kier molecular flexibility index (Phi) is 13.1. The Labute approximate surface area is 260 Å². The summed E-state index contributed by atoms with van der Waals surface area (Å²) in [6.45, 7) is 13.5. The third-order valence-electron chi connectivity index (χ3n) is 7.65. The second kappa shape index (κ2) is 16.8. The van der Waals surface area contributed by atoms with E-state index in [1.807, 2.05) is 12.1 Å². The van der Waals surface area contributed by atoms with Gasteiger partial charge in [0.2, 0.25) is 0 Å². The van der Waals surface area contributed by atoms with Gasteiger partial charge in [-0.1, -0.05) is 87.4 Å². The molecule has 3 rings (SSSR count). The molecule has 5 heteroatoms. The van der Waals surface area contributed by atoms with Crippen molar-refractivity contribution in [3.8, 4) is 29.4 Å².